The molecule has 0 amide bonds. The van der Waals surface area contributed by atoms with Gasteiger partial charge in [-0.1, -0.05) is 6.92 Å². The first-order chi connectivity index (χ1) is 8.16. The third-order valence-electron chi connectivity index (χ3n) is 2.27. The van der Waals surface area contributed by atoms with Crippen molar-refractivity contribution >= 4 is 5.97 Å². The summed E-state index contributed by atoms with van der Waals surface area (Å²) in [5, 5.41) is 16.4. The molecule has 2 heterocycles. The zero-order valence-corrected chi connectivity index (χ0v) is 9.20. The Bertz CT molecular complexity index is 510. The van der Waals surface area contributed by atoms with Gasteiger partial charge in [-0.15, -0.1) is 10.2 Å². The molecular weight excluding hydrogens is 222 g/mol. The van der Waals surface area contributed by atoms with Gasteiger partial charge in [-0.25, -0.2) is 0 Å². The minimum Gasteiger partial charge on any atom is -0.481 e. The van der Waals surface area contributed by atoms with Crippen molar-refractivity contribution in [3.05, 3.63) is 30.4 Å². The lowest BCUT2D eigenvalue weighted by Crippen LogP contribution is -2.02. The number of pyridine rings is 1. The van der Waals surface area contributed by atoms with Crippen LogP contribution in [0, 0.1) is 0 Å². The van der Waals surface area contributed by atoms with Crippen LogP contribution in [-0.4, -0.2) is 26.3 Å². The summed E-state index contributed by atoms with van der Waals surface area (Å²) in [6, 6.07) is 3.50. The van der Waals surface area contributed by atoms with Gasteiger partial charge in [0.05, 0.1) is 6.42 Å². The second kappa shape index (κ2) is 4.73. The number of aromatic nitrogens is 3. The van der Waals surface area contributed by atoms with Crippen LogP contribution in [0.2, 0.25) is 0 Å². The zero-order chi connectivity index (χ0) is 12.3. The highest BCUT2D eigenvalue weighted by molar-refractivity contribution is 5.67. The van der Waals surface area contributed by atoms with Crippen molar-refractivity contribution in [1.82, 2.24) is 15.2 Å². The fourth-order valence-electron chi connectivity index (χ4n) is 1.39. The second-order valence-electron chi connectivity index (χ2n) is 3.68. The quantitative estimate of drug-likeness (QED) is 0.864. The van der Waals surface area contributed by atoms with Gasteiger partial charge in [0.1, 0.15) is 0 Å². The van der Waals surface area contributed by atoms with Crippen LogP contribution in [0.5, 0.6) is 0 Å². The molecule has 0 aliphatic carbocycles. The van der Waals surface area contributed by atoms with Crippen molar-refractivity contribution in [1.29, 1.82) is 0 Å². The van der Waals surface area contributed by atoms with Gasteiger partial charge in [0.15, 0.2) is 0 Å². The molecule has 2 aromatic rings. The maximum atomic E-state index is 10.6. The topological polar surface area (TPSA) is 89.1 Å². The SMILES string of the molecule is CC(CC(=O)O)c1nnc(-c2ccncc2)o1. The molecule has 0 aliphatic rings. The molecule has 6 heteroatoms. The van der Waals surface area contributed by atoms with Crippen LogP contribution < -0.4 is 0 Å². The Morgan fingerprint density at radius 2 is 2.12 bits per heavy atom. The molecular formula is C11H11N3O3. The molecule has 2 rings (SSSR count). The molecule has 0 spiro atoms. The fourth-order valence-corrected chi connectivity index (χ4v) is 1.39. The Balaban J connectivity index is 2.19. The molecule has 0 radical (unpaired) electrons. The van der Waals surface area contributed by atoms with E-state index in [-0.39, 0.29) is 12.3 Å². The summed E-state index contributed by atoms with van der Waals surface area (Å²) in [5.41, 5.74) is 0.765. The predicted octanol–water partition coefficient (Wildman–Crippen LogP) is 1.71. The Morgan fingerprint density at radius 1 is 1.41 bits per heavy atom. The summed E-state index contributed by atoms with van der Waals surface area (Å²) in [5.74, 6) is -0.476. The van der Waals surface area contributed by atoms with Gasteiger partial charge in [0.25, 0.3) is 0 Å². The van der Waals surface area contributed by atoms with Gasteiger partial charge in [-0.2, -0.15) is 0 Å². The molecule has 17 heavy (non-hydrogen) atoms. The molecule has 6 nitrogen and oxygen atoms in total. The Morgan fingerprint density at radius 3 is 2.76 bits per heavy atom. The minimum absolute atomic E-state index is 0.0298. The molecule has 0 bridgehead atoms. The first kappa shape index (κ1) is 11.3. The second-order valence-corrected chi connectivity index (χ2v) is 3.68. The average molecular weight is 233 g/mol. The highest BCUT2D eigenvalue weighted by Crippen LogP contribution is 2.22. The lowest BCUT2D eigenvalue weighted by Gasteiger charge is -2.01. The summed E-state index contributed by atoms with van der Waals surface area (Å²) in [7, 11) is 0. The van der Waals surface area contributed by atoms with Gasteiger partial charge in [-0.3, -0.25) is 9.78 Å². The molecule has 2 aromatic heterocycles. The normalized spacial score (nSPS) is 12.3. The van der Waals surface area contributed by atoms with Crippen molar-refractivity contribution in [2.45, 2.75) is 19.3 Å². The third kappa shape index (κ3) is 2.66. The molecule has 1 unspecified atom stereocenters. The molecule has 0 aromatic carbocycles. The van der Waals surface area contributed by atoms with E-state index in [1.165, 1.54) is 0 Å². The molecule has 1 N–H and O–H groups in total. The van der Waals surface area contributed by atoms with Crippen LogP contribution in [0.1, 0.15) is 25.2 Å². The number of carbonyl (C=O) groups is 1. The van der Waals surface area contributed by atoms with E-state index in [1.54, 1.807) is 31.5 Å². The molecule has 1 atom stereocenters. The summed E-state index contributed by atoms with van der Waals surface area (Å²) in [4.78, 5) is 14.4. The zero-order valence-electron chi connectivity index (χ0n) is 9.20. The number of aliphatic carboxylic acids is 1. The van der Waals surface area contributed by atoms with Crippen molar-refractivity contribution in [2.75, 3.05) is 0 Å². The van der Waals surface area contributed by atoms with Crippen molar-refractivity contribution in [3.63, 3.8) is 0 Å². The van der Waals surface area contributed by atoms with Gasteiger partial charge in [0, 0.05) is 23.9 Å². The Labute approximate surface area is 97.3 Å². The number of hydrogen-bond acceptors (Lipinski definition) is 5. The van der Waals surface area contributed by atoms with E-state index in [0.717, 1.165) is 5.56 Å². The van der Waals surface area contributed by atoms with Gasteiger partial charge < -0.3 is 9.52 Å². The van der Waals surface area contributed by atoms with Crippen LogP contribution in [0.3, 0.4) is 0 Å². The van der Waals surface area contributed by atoms with E-state index in [0.29, 0.717) is 11.8 Å². The van der Waals surface area contributed by atoms with Gasteiger partial charge in [-0.05, 0) is 12.1 Å². The van der Waals surface area contributed by atoms with E-state index in [2.05, 4.69) is 15.2 Å². The van der Waals surface area contributed by atoms with Gasteiger partial charge >= 0.3 is 5.97 Å². The number of nitrogens with zero attached hydrogens (tertiary/aromatic N) is 3. The number of rotatable bonds is 4. The van der Waals surface area contributed by atoms with Crippen molar-refractivity contribution in [2.24, 2.45) is 0 Å². The minimum atomic E-state index is -0.888. The summed E-state index contributed by atoms with van der Waals surface area (Å²) in [6.45, 7) is 1.73. The first-order valence-corrected chi connectivity index (χ1v) is 5.12. The lowest BCUT2D eigenvalue weighted by atomic mass is 10.1. The first-order valence-electron chi connectivity index (χ1n) is 5.12. The van der Waals surface area contributed by atoms with E-state index in [4.69, 9.17) is 9.52 Å². The van der Waals surface area contributed by atoms with E-state index in [9.17, 15) is 4.79 Å². The predicted molar refractivity (Wildman–Crippen MR) is 58.2 cm³/mol. The van der Waals surface area contributed by atoms with Crippen LogP contribution in [0.15, 0.2) is 28.9 Å². The van der Waals surface area contributed by atoms with Crippen LogP contribution >= 0.6 is 0 Å². The van der Waals surface area contributed by atoms with Crippen LogP contribution in [0.25, 0.3) is 11.5 Å². The largest absolute Gasteiger partial charge is 0.481 e. The number of carboxylic acid groups (broad SMARTS) is 1. The molecule has 88 valence electrons. The van der Waals surface area contributed by atoms with Crippen LogP contribution in [0.4, 0.5) is 0 Å². The highest BCUT2D eigenvalue weighted by Gasteiger charge is 2.17. The smallest absolute Gasteiger partial charge is 0.304 e. The molecule has 0 aliphatic heterocycles. The van der Waals surface area contributed by atoms with E-state index < -0.39 is 5.97 Å². The monoisotopic (exact) mass is 233 g/mol. The molecule has 0 saturated carbocycles. The summed E-state index contributed by atoms with van der Waals surface area (Å²) < 4.78 is 5.42. The van der Waals surface area contributed by atoms with Gasteiger partial charge in [0.2, 0.25) is 11.8 Å². The Hall–Kier alpha value is -2.24. The maximum Gasteiger partial charge on any atom is 0.304 e. The highest BCUT2D eigenvalue weighted by atomic mass is 16.4. The summed E-state index contributed by atoms with van der Waals surface area (Å²) >= 11 is 0. The average Bonchev–Trinajstić information content (AvgIpc) is 2.78. The van der Waals surface area contributed by atoms with E-state index in [1.807, 2.05) is 0 Å². The lowest BCUT2D eigenvalue weighted by molar-refractivity contribution is -0.137. The molecule has 0 saturated heterocycles. The van der Waals surface area contributed by atoms with E-state index >= 15 is 0 Å². The standard InChI is InChI=1S/C11H11N3O3/c1-7(6-9(15)16)10-13-14-11(17-10)8-2-4-12-5-3-8/h2-5,7H,6H2,1H3,(H,15,16). The number of hydrogen-bond donors (Lipinski definition) is 1. The number of carboxylic acids is 1. The third-order valence-corrected chi connectivity index (χ3v) is 2.27. The van der Waals surface area contributed by atoms with Crippen LogP contribution in [-0.2, 0) is 4.79 Å². The fraction of sp³-hybridized carbons (Fsp3) is 0.273. The van der Waals surface area contributed by atoms with Crippen molar-refractivity contribution in [3.8, 4) is 11.5 Å². The maximum absolute atomic E-state index is 10.6. The summed E-state index contributed by atoms with van der Waals surface area (Å²) in [6.07, 6.45) is 3.22. The Kier molecular flexibility index (Phi) is 3.13. The van der Waals surface area contributed by atoms with Crippen molar-refractivity contribution < 1.29 is 14.3 Å². The molecule has 0 fully saturated rings.